The van der Waals surface area contributed by atoms with Crippen LogP contribution in [0.15, 0.2) is 60.7 Å². The molecule has 1 amide bonds. The van der Waals surface area contributed by atoms with E-state index >= 15 is 0 Å². The van der Waals surface area contributed by atoms with Crippen LogP contribution in [0, 0.1) is 6.92 Å². The Morgan fingerprint density at radius 3 is 2.27 bits per heavy atom. The van der Waals surface area contributed by atoms with Crippen LogP contribution in [0.3, 0.4) is 0 Å². The number of carbonyl (C=O) groups is 1. The maximum absolute atomic E-state index is 12.2. The summed E-state index contributed by atoms with van der Waals surface area (Å²) >= 11 is 12.7. The van der Waals surface area contributed by atoms with Gasteiger partial charge in [-0.05, 0) is 66.4 Å². The van der Waals surface area contributed by atoms with Crippen LogP contribution in [0.4, 0.5) is 11.4 Å². The van der Waals surface area contributed by atoms with E-state index in [2.05, 4.69) is 29.7 Å². The number of nitrogens with one attached hydrogen (secondary N) is 2. The summed E-state index contributed by atoms with van der Waals surface area (Å²) in [6.07, 6.45) is 1.01. The van der Waals surface area contributed by atoms with Crippen molar-refractivity contribution in [3.05, 3.63) is 87.4 Å². The number of amides is 1. The predicted molar refractivity (Wildman–Crippen MR) is 125 cm³/mol. The molecule has 0 aromatic heterocycles. The molecule has 4 nitrogen and oxygen atoms in total. The Bertz CT molecular complexity index is 997. The SMILES string of the molecule is CCc1ccc(NCc2cc(Cl)c(OCC(=O)Nc3cccc(C)c3)c(Cl)c2)cc1. The molecule has 0 fully saturated rings. The van der Waals surface area contributed by atoms with E-state index in [0.29, 0.717) is 28.0 Å². The van der Waals surface area contributed by atoms with Gasteiger partial charge in [-0.1, -0.05) is 54.4 Å². The Labute approximate surface area is 187 Å². The Morgan fingerprint density at radius 1 is 0.933 bits per heavy atom. The molecule has 2 N–H and O–H groups in total. The van der Waals surface area contributed by atoms with Crippen LogP contribution in [0.25, 0.3) is 0 Å². The van der Waals surface area contributed by atoms with Gasteiger partial charge in [0.2, 0.25) is 0 Å². The molecule has 30 heavy (non-hydrogen) atoms. The fourth-order valence-corrected chi connectivity index (χ4v) is 3.61. The number of aryl methyl sites for hydroxylation is 2. The van der Waals surface area contributed by atoms with Crippen molar-refractivity contribution >= 4 is 40.5 Å². The standard InChI is InChI=1S/C24H24Cl2N2O2/c1-3-17-7-9-19(10-8-17)27-14-18-12-21(25)24(22(26)13-18)30-15-23(29)28-20-6-4-5-16(2)11-20/h4-13,27H,3,14-15H2,1-2H3,(H,28,29). The van der Waals surface area contributed by atoms with Crippen LogP contribution in [-0.2, 0) is 17.8 Å². The quantitative estimate of drug-likeness (QED) is 0.418. The zero-order valence-corrected chi connectivity index (χ0v) is 18.5. The fraction of sp³-hybridized carbons (Fsp3) is 0.208. The molecular weight excluding hydrogens is 419 g/mol. The third-order valence-corrected chi connectivity index (χ3v) is 5.13. The molecule has 0 aliphatic rings. The van der Waals surface area contributed by atoms with E-state index in [9.17, 15) is 4.79 Å². The van der Waals surface area contributed by atoms with Crippen molar-refractivity contribution < 1.29 is 9.53 Å². The predicted octanol–water partition coefficient (Wildman–Crippen LogP) is 6.49. The van der Waals surface area contributed by atoms with Crippen LogP contribution in [0.2, 0.25) is 10.0 Å². The van der Waals surface area contributed by atoms with Gasteiger partial charge >= 0.3 is 0 Å². The Balaban J connectivity index is 1.57. The average molecular weight is 443 g/mol. The lowest BCUT2D eigenvalue weighted by molar-refractivity contribution is -0.118. The van der Waals surface area contributed by atoms with Gasteiger partial charge in [-0.15, -0.1) is 0 Å². The topological polar surface area (TPSA) is 50.4 Å². The van der Waals surface area contributed by atoms with Gasteiger partial charge in [-0.25, -0.2) is 0 Å². The van der Waals surface area contributed by atoms with Crippen molar-refractivity contribution in [2.45, 2.75) is 26.8 Å². The van der Waals surface area contributed by atoms with Crippen molar-refractivity contribution in [1.82, 2.24) is 0 Å². The van der Waals surface area contributed by atoms with Gasteiger partial charge in [0.05, 0.1) is 10.0 Å². The number of ether oxygens (including phenoxy) is 1. The minimum absolute atomic E-state index is 0.186. The zero-order chi connectivity index (χ0) is 21.5. The van der Waals surface area contributed by atoms with E-state index in [1.165, 1.54) is 5.56 Å². The fourth-order valence-electron chi connectivity index (χ4n) is 2.97. The molecule has 0 spiro atoms. The normalized spacial score (nSPS) is 10.5. The molecule has 3 aromatic carbocycles. The van der Waals surface area contributed by atoms with Gasteiger partial charge in [0.15, 0.2) is 12.4 Å². The largest absolute Gasteiger partial charge is 0.481 e. The zero-order valence-electron chi connectivity index (χ0n) is 17.0. The molecule has 6 heteroatoms. The first-order chi connectivity index (χ1) is 14.4. The van der Waals surface area contributed by atoms with Gasteiger partial charge in [0.1, 0.15) is 0 Å². The molecule has 0 bridgehead atoms. The van der Waals surface area contributed by atoms with E-state index in [-0.39, 0.29) is 12.5 Å². The van der Waals surface area contributed by atoms with Crippen LogP contribution in [0.1, 0.15) is 23.6 Å². The number of carbonyl (C=O) groups excluding carboxylic acids is 1. The highest BCUT2D eigenvalue weighted by atomic mass is 35.5. The Kier molecular flexibility index (Phi) is 7.61. The van der Waals surface area contributed by atoms with Crippen molar-refractivity contribution in [3.8, 4) is 5.75 Å². The molecule has 0 aliphatic carbocycles. The summed E-state index contributed by atoms with van der Waals surface area (Å²) in [7, 11) is 0. The highest BCUT2D eigenvalue weighted by molar-refractivity contribution is 6.37. The lowest BCUT2D eigenvalue weighted by atomic mass is 10.1. The second-order valence-electron chi connectivity index (χ2n) is 7.00. The van der Waals surface area contributed by atoms with Crippen molar-refractivity contribution in [3.63, 3.8) is 0 Å². The number of rotatable bonds is 8. The van der Waals surface area contributed by atoms with Gasteiger partial charge in [-0.2, -0.15) is 0 Å². The third-order valence-electron chi connectivity index (χ3n) is 4.57. The highest BCUT2D eigenvalue weighted by Gasteiger charge is 2.12. The van der Waals surface area contributed by atoms with E-state index in [4.69, 9.17) is 27.9 Å². The smallest absolute Gasteiger partial charge is 0.262 e. The van der Waals surface area contributed by atoms with Crippen molar-refractivity contribution in [2.75, 3.05) is 17.2 Å². The summed E-state index contributed by atoms with van der Waals surface area (Å²) in [4.78, 5) is 12.2. The summed E-state index contributed by atoms with van der Waals surface area (Å²) in [5.41, 5.74) is 5.01. The Morgan fingerprint density at radius 2 is 1.63 bits per heavy atom. The summed E-state index contributed by atoms with van der Waals surface area (Å²) in [6, 6.07) is 19.4. The molecule has 0 atom stereocenters. The first-order valence-corrected chi connectivity index (χ1v) is 10.5. The number of hydrogen-bond acceptors (Lipinski definition) is 3. The van der Waals surface area contributed by atoms with Crippen LogP contribution >= 0.6 is 23.2 Å². The van der Waals surface area contributed by atoms with Gasteiger partial charge in [0, 0.05) is 17.9 Å². The summed E-state index contributed by atoms with van der Waals surface area (Å²) < 4.78 is 5.58. The molecule has 156 valence electrons. The average Bonchev–Trinajstić information content (AvgIpc) is 2.72. The van der Waals surface area contributed by atoms with E-state index < -0.39 is 0 Å². The summed E-state index contributed by atoms with van der Waals surface area (Å²) in [6.45, 7) is 4.47. The Hall–Kier alpha value is -2.69. The number of benzene rings is 3. The molecule has 0 unspecified atom stereocenters. The summed E-state index contributed by atoms with van der Waals surface area (Å²) in [5, 5.41) is 6.87. The molecule has 0 saturated heterocycles. The van der Waals surface area contributed by atoms with Gasteiger partial charge in [-0.3, -0.25) is 4.79 Å². The molecule has 3 rings (SSSR count). The van der Waals surface area contributed by atoms with E-state index in [1.807, 2.05) is 43.3 Å². The molecule has 0 radical (unpaired) electrons. The first-order valence-electron chi connectivity index (χ1n) is 9.74. The van der Waals surface area contributed by atoms with Crippen molar-refractivity contribution in [2.24, 2.45) is 0 Å². The van der Waals surface area contributed by atoms with E-state index in [1.54, 1.807) is 12.1 Å². The lowest BCUT2D eigenvalue weighted by Gasteiger charge is -2.13. The van der Waals surface area contributed by atoms with Crippen LogP contribution < -0.4 is 15.4 Å². The van der Waals surface area contributed by atoms with Crippen molar-refractivity contribution in [1.29, 1.82) is 0 Å². The summed E-state index contributed by atoms with van der Waals surface area (Å²) in [5.74, 6) is 0.0165. The van der Waals surface area contributed by atoms with E-state index in [0.717, 1.165) is 23.2 Å². The van der Waals surface area contributed by atoms with Crippen LogP contribution in [-0.4, -0.2) is 12.5 Å². The number of halogens is 2. The second kappa shape index (κ2) is 10.4. The third kappa shape index (κ3) is 6.15. The monoisotopic (exact) mass is 442 g/mol. The van der Waals surface area contributed by atoms with Gasteiger partial charge < -0.3 is 15.4 Å². The maximum Gasteiger partial charge on any atom is 0.262 e. The molecular formula is C24H24Cl2N2O2. The maximum atomic E-state index is 12.2. The van der Waals surface area contributed by atoms with Gasteiger partial charge in [0.25, 0.3) is 5.91 Å². The molecule has 0 aliphatic heterocycles. The number of anilines is 2. The second-order valence-corrected chi connectivity index (χ2v) is 7.81. The highest BCUT2D eigenvalue weighted by Crippen LogP contribution is 2.34. The number of hydrogen-bond donors (Lipinski definition) is 2. The minimum Gasteiger partial charge on any atom is -0.481 e. The first kappa shape index (κ1) is 22.0. The lowest BCUT2D eigenvalue weighted by Crippen LogP contribution is -2.20. The van der Waals surface area contributed by atoms with Crippen LogP contribution in [0.5, 0.6) is 5.75 Å². The molecule has 0 saturated carbocycles. The molecule has 3 aromatic rings. The molecule has 0 heterocycles. The minimum atomic E-state index is -0.283.